The number of aromatic nitrogens is 3. The molecule has 5 nitrogen and oxygen atoms in total. The van der Waals surface area contributed by atoms with E-state index in [0.717, 1.165) is 16.4 Å². The van der Waals surface area contributed by atoms with Gasteiger partial charge < -0.3 is 9.97 Å². The van der Waals surface area contributed by atoms with E-state index in [2.05, 4.69) is 21.0 Å². The lowest BCUT2D eigenvalue weighted by Crippen LogP contribution is -2.09. The summed E-state index contributed by atoms with van der Waals surface area (Å²) >= 11 is 0. The van der Waals surface area contributed by atoms with Crippen LogP contribution in [-0.4, -0.2) is 15.0 Å². The first-order chi connectivity index (χ1) is 10.7. The molecule has 0 atom stereocenters. The van der Waals surface area contributed by atoms with Crippen molar-refractivity contribution in [2.24, 2.45) is 0 Å². The molecule has 0 aliphatic heterocycles. The van der Waals surface area contributed by atoms with Crippen molar-refractivity contribution in [2.45, 2.75) is 0 Å². The van der Waals surface area contributed by atoms with Gasteiger partial charge in [0.25, 0.3) is 5.56 Å². The lowest BCUT2D eigenvalue weighted by molar-refractivity contribution is 1.25. The smallest absolute Gasteiger partial charge is 0.259 e. The molecule has 2 heterocycles. The van der Waals surface area contributed by atoms with Crippen molar-refractivity contribution in [3.63, 3.8) is 0 Å². The lowest BCUT2D eigenvalue weighted by atomic mass is 10.1. The minimum absolute atomic E-state index is 0.235. The number of pyridine rings is 1. The van der Waals surface area contributed by atoms with Gasteiger partial charge >= 0.3 is 0 Å². The zero-order chi connectivity index (χ0) is 15.1. The molecule has 0 aliphatic carbocycles. The van der Waals surface area contributed by atoms with Crippen LogP contribution in [-0.2, 0) is 0 Å². The van der Waals surface area contributed by atoms with Gasteiger partial charge in [0, 0.05) is 5.52 Å². The van der Waals surface area contributed by atoms with Gasteiger partial charge in [0.05, 0.1) is 28.2 Å². The van der Waals surface area contributed by atoms with Crippen LogP contribution < -0.4 is 5.56 Å². The van der Waals surface area contributed by atoms with Gasteiger partial charge in [-0.2, -0.15) is 5.26 Å². The second-order valence-corrected chi connectivity index (χ2v) is 5.03. The summed E-state index contributed by atoms with van der Waals surface area (Å²) in [5, 5.41) is 9.78. The van der Waals surface area contributed by atoms with Crippen molar-refractivity contribution in [1.29, 1.82) is 5.26 Å². The number of nitriles is 1. The quantitative estimate of drug-likeness (QED) is 0.564. The van der Waals surface area contributed by atoms with E-state index in [4.69, 9.17) is 5.26 Å². The number of nitrogens with zero attached hydrogens (tertiary/aromatic N) is 2. The standard InChI is InChI=1S/C17H10N4O/c18-9-10-5-6-11-8-12(17(22)21-15(11)7-10)16-19-13-3-1-2-4-14(13)20-16/h1-8H,(H,19,20)(H,21,22). The van der Waals surface area contributed by atoms with Crippen LogP contribution in [0.1, 0.15) is 5.56 Å². The Hall–Kier alpha value is -3.39. The molecule has 5 heteroatoms. The lowest BCUT2D eigenvalue weighted by Gasteiger charge is -2.01. The van der Waals surface area contributed by atoms with Crippen LogP contribution in [0.25, 0.3) is 33.3 Å². The number of hydrogen-bond acceptors (Lipinski definition) is 3. The average molecular weight is 286 g/mol. The summed E-state index contributed by atoms with van der Waals surface area (Å²) in [6.07, 6.45) is 0. The van der Waals surface area contributed by atoms with Gasteiger partial charge in [-0.15, -0.1) is 0 Å². The van der Waals surface area contributed by atoms with Crippen molar-refractivity contribution in [3.8, 4) is 17.5 Å². The molecule has 2 N–H and O–H groups in total. The number of H-pyrrole nitrogens is 2. The van der Waals surface area contributed by atoms with Gasteiger partial charge in [0.2, 0.25) is 0 Å². The van der Waals surface area contributed by atoms with Gasteiger partial charge in [0.15, 0.2) is 0 Å². The Balaban J connectivity index is 1.96. The predicted octanol–water partition coefficient (Wildman–Crippen LogP) is 2.94. The summed E-state index contributed by atoms with van der Waals surface area (Å²) < 4.78 is 0. The third kappa shape index (κ3) is 1.86. The SMILES string of the molecule is N#Cc1ccc2cc(-c3nc4ccccc4[nH]3)c(=O)[nH]c2c1. The molecular weight excluding hydrogens is 276 g/mol. The zero-order valence-electron chi connectivity index (χ0n) is 11.4. The van der Waals surface area contributed by atoms with E-state index in [0.29, 0.717) is 22.5 Å². The second-order valence-electron chi connectivity index (χ2n) is 5.03. The fraction of sp³-hybridized carbons (Fsp3) is 0. The first-order valence-electron chi connectivity index (χ1n) is 6.77. The van der Waals surface area contributed by atoms with E-state index in [1.807, 2.05) is 30.3 Å². The van der Waals surface area contributed by atoms with Crippen LogP contribution in [0, 0.1) is 11.3 Å². The molecule has 0 radical (unpaired) electrons. The minimum atomic E-state index is -0.235. The number of nitrogens with one attached hydrogen (secondary N) is 2. The number of aromatic amines is 2. The molecule has 104 valence electrons. The molecule has 0 saturated heterocycles. The highest BCUT2D eigenvalue weighted by atomic mass is 16.1. The summed E-state index contributed by atoms with van der Waals surface area (Å²) in [4.78, 5) is 22.7. The molecule has 0 amide bonds. The molecule has 4 aromatic rings. The monoisotopic (exact) mass is 286 g/mol. The number of benzene rings is 2. The van der Waals surface area contributed by atoms with Gasteiger partial charge in [-0.1, -0.05) is 18.2 Å². The molecule has 0 spiro atoms. The van der Waals surface area contributed by atoms with Crippen LogP contribution in [0.3, 0.4) is 0 Å². The largest absolute Gasteiger partial charge is 0.338 e. The number of para-hydroxylation sites is 2. The average Bonchev–Trinajstić information content (AvgIpc) is 2.97. The van der Waals surface area contributed by atoms with Crippen LogP contribution in [0.4, 0.5) is 0 Å². The highest BCUT2D eigenvalue weighted by molar-refractivity contribution is 5.85. The van der Waals surface area contributed by atoms with Gasteiger partial charge in [-0.05, 0) is 35.7 Å². The van der Waals surface area contributed by atoms with Gasteiger partial charge in [-0.25, -0.2) is 4.98 Å². The van der Waals surface area contributed by atoms with Crippen molar-refractivity contribution in [1.82, 2.24) is 15.0 Å². The van der Waals surface area contributed by atoms with Crippen molar-refractivity contribution < 1.29 is 0 Å². The van der Waals surface area contributed by atoms with Crippen molar-refractivity contribution in [3.05, 3.63) is 64.4 Å². The van der Waals surface area contributed by atoms with E-state index < -0.39 is 0 Å². The summed E-state index contributed by atoms with van der Waals surface area (Å²) in [6.45, 7) is 0. The molecule has 0 bridgehead atoms. The van der Waals surface area contributed by atoms with Crippen LogP contribution in [0.2, 0.25) is 0 Å². The third-order valence-corrected chi connectivity index (χ3v) is 3.62. The zero-order valence-corrected chi connectivity index (χ0v) is 11.4. The first kappa shape index (κ1) is 12.4. The Morgan fingerprint density at radius 1 is 1.00 bits per heavy atom. The molecular formula is C17H10N4O. The Morgan fingerprint density at radius 3 is 2.68 bits per heavy atom. The topological polar surface area (TPSA) is 85.3 Å². The normalized spacial score (nSPS) is 10.9. The van der Waals surface area contributed by atoms with E-state index >= 15 is 0 Å². The summed E-state index contributed by atoms with van der Waals surface area (Å²) in [7, 11) is 0. The second kappa shape index (κ2) is 4.57. The molecule has 0 saturated carbocycles. The highest BCUT2D eigenvalue weighted by Crippen LogP contribution is 2.21. The summed E-state index contributed by atoms with van der Waals surface area (Å²) in [5.41, 5.74) is 3.10. The van der Waals surface area contributed by atoms with Crippen LogP contribution in [0.5, 0.6) is 0 Å². The minimum Gasteiger partial charge on any atom is -0.338 e. The molecule has 2 aromatic heterocycles. The fourth-order valence-corrected chi connectivity index (χ4v) is 2.53. The maximum atomic E-state index is 12.3. The first-order valence-corrected chi connectivity index (χ1v) is 6.77. The van der Waals surface area contributed by atoms with Gasteiger partial charge in [0.1, 0.15) is 5.82 Å². The maximum Gasteiger partial charge on any atom is 0.259 e. The molecule has 4 rings (SSSR count). The molecule has 2 aromatic carbocycles. The van der Waals surface area contributed by atoms with Crippen LogP contribution >= 0.6 is 0 Å². The summed E-state index contributed by atoms with van der Waals surface area (Å²) in [5.74, 6) is 0.536. The van der Waals surface area contributed by atoms with Crippen molar-refractivity contribution >= 4 is 21.9 Å². The Bertz CT molecular complexity index is 1080. The Labute approximate surface area is 124 Å². The molecule has 0 unspecified atom stereocenters. The fourth-order valence-electron chi connectivity index (χ4n) is 2.53. The molecule has 22 heavy (non-hydrogen) atoms. The predicted molar refractivity (Wildman–Crippen MR) is 84.4 cm³/mol. The third-order valence-electron chi connectivity index (χ3n) is 3.62. The van der Waals surface area contributed by atoms with E-state index in [1.165, 1.54) is 0 Å². The number of fused-ring (bicyclic) bond motifs is 2. The Morgan fingerprint density at radius 2 is 1.86 bits per heavy atom. The number of rotatable bonds is 1. The molecule has 0 aliphatic rings. The van der Waals surface area contributed by atoms with Crippen molar-refractivity contribution in [2.75, 3.05) is 0 Å². The maximum absolute atomic E-state index is 12.3. The Kier molecular flexibility index (Phi) is 2.57. The number of imidazole rings is 1. The summed E-state index contributed by atoms with van der Waals surface area (Å²) in [6, 6.07) is 16.7. The van der Waals surface area contributed by atoms with E-state index in [9.17, 15) is 4.79 Å². The van der Waals surface area contributed by atoms with E-state index in [-0.39, 0.29) is 5.56 Å². The van der Waals surface area contributed by atoms with Crippen LogP contribution in [0.15, 0.2) is 53.3 Å². The highest BCUT2D eigenvalue weighted by Gasteiger charge is 2.10. The number of hydrogen-bond donors (Lipinski definition) is 2. The molecule has 0 fully saturated rings. The van der Waals surface area contributed by atoms with Gasteiger partial charge in [-0.3, -0.25) is 4.79 Å². The van der Waals surface area contributed by atoms with E-state index in [1.54, 1.807) is 18.2 Å².